The Bertz CT molecular complexity index is 968. The molecule has 3 aromatic rings. The first-order valence-corrected chi connectivity index (χ1v) is 11.2. The molecule has 0 bridgehead atoms. The number of thiophene rings is 1. The minimum absolute atomic E-state index is 0.0547. The lowest BCUT2D eigenvalue weighted by Gasteiger charge is -2.13. The summed E-state index contributed by atoms with van der Waals surface area (Å²) in [5, 5.41) is 5.21. The fourth-order valence-electron chi connectivity index (χ4n) is 3.52. The Morgan fingerprint density at radius 2 is 2.07 bits per heavy atom. The van der Waals surface area contributed by atoms with E-state index in [1.807, 2.05) is 25.1 Å². The van der Waals surface area contributed by atoms with Gasteiger partial charge in [0, 0.05) is 16.8 Å². The molecule has 0 radical (unpaired) electrons. The Hall–Kier alpha value is -1.92. The number of aromatic nitrogens is 2. The third-order valence-electron chi connectivity index (χ3n) is 4.96. The molecule has 27 heavy (non-hydrogen) atoms. The Kier molecular flexibility index (Phi) is 5.45. The fourth-order valence-corrected chi connectivity index (χ4v) is 5.82. The van der Waals surface area contributed by atoms with E-state index in [1.165, 1.54) is 39.6 Å². The van der Waals surface area contributed by atoms with Crippen molar-refractivity contribution in [2.75, 3.05) is 12.3 Å². The Balaban J connectivity index is 1.41. The molecule has 2 aromatic heterocycles. The number of carbonyl (C=O) groups is 1. The van der Waals surface area contributed by atoms with E-state index in [4.69, 9.17) is 0 Å². The third kappa shape index (κ3) is 4.01. The summed E-state index contributed by atoms with van der Waals surface area (Å²) in [4.78, 5) is 24.2. The summed E-state index contributed by atoms with van der Waals surface area (Å²) >= 11 is 3.33. The molecule has 0 saturated heterocycles. The molecule has 4 nitrogen and oxygen atoms in total. The van der Waals surface area contributed by atoms with Gasteiger partial charge in [0.2, 0.25) is 5.91 Å². The largest absolute Gasteiger partial charge is 0.355 e. The summed E-state index contributed by atoms with van der Waals surface area (Å²) in [5.41, 5.74) is 2.66. The molecular weight excluding hydrogens is 374 g/mol. The van der Waals surface area contributed by atoms with Crippen molar-refractivity contribution in [3.63, 3.8) is 0 Å². The van der Waals surface area contributed by atoms with Crippen LogP contribution in [0.3, 0.4) is 0 Å². The van der Waals surface area contributed by atoms with Gasteiger partial charge in [-0.3, -0.25) is 4.79 Å². The van der Waals surface area contributed by atoms with Gasteiger partial charge in [0.15, 0.2) is 0 Å². The minimum atomic E-state index is 0.0547. The van der Waals surface area contributed by atoms with Crippen LogP contribution in [-0.2, 0) is 17.6 Å². The average molecular weight is 398 g/mol. The van der Waals surface area contributed by atoms with Gasteiger partial charge in [-0.05, 0) is 43.2 Å². The molecule has 0 spiro atoms. The fraction of sp³-hybridized carbons (Fsp3) is 0.381. The highest BCUT2D eigenvalue weighted by Gasteiger charge is 2.22. The molecule has 0 unspecified atom stereocenters. The zero-order chi connectivity index (χ0) is 18.8. The van der Waals surface area contributed by atoms with Crippen LogP contribution in [0, 0.1) is 6.92 Å². The highest BCUT2D eigenvalue weighted by molar-refractivity contribution is 8.00. The number of carbonyl (C=O) groups excluding carboxylic acids is 1. The number of rotatable bonds is 6. The van der Waals surface area contributed by atoms with Crippen molar-refractivity contribution >= 4 is 39.2 Å². The summed E-state index contributed by atoms with van der Waals surface area (Å²) < 4.78 is 0. The van der Waals surface area contributed by atoms with Crippen molar-refractivity contribution in [3.05, 3.63) is 52.2 Å². The van der Waals surface area contributed by atoms with E-state index < -0.39 is 0 Å². The van der Waals surface area contributed by atoms with Crippen LogP contribution in [0.4, 0.5) is 0 Å². The smallest absolute Gasteiger partial charge is 0.230 e. The topological polar surface area (TPSA) is 54.9 Å². The number of hydrogen-bond acceptors (Lipinski definition) is 5. The minimum Gasteiger partial charge on any atom is -0.355 e. The van der Waals surface area contributed by atoms with Crippen LogP contribution in [0.2, 0.25) is 0 Å². The zero-order valence-corrected chi connectivity index (χ0v) is 17.3. The van der Waals surface area contributed by atoms with Crippen molar-refractivity contribution in [2.24, 2.45) is 0 Å². The van der Waals surface area contributed by atoms with Gasteiger partial charge in [-0.15, -0.1) is 11.3 Å². The van der Waals surface area contributed by atoms with E-state index in [1.54, 1.807) is 11.3 Å². The van der Waals surface area contributed by atoms with Gasteiger partial charge in [-0.1, -0.05) is 49.0 Å². The predicted molar refractivity (Wildman–Crippen MR) is 113 cm³/mol. The molecule has 0 saturated carbocycles. The van der Waals surface area contributed by atoms with E-state index in [2.05, 4.69) is 34.3 Å². The number of aryl methyl sites for hydroxylation is 3. The normalized spacial score (nSPS) is 14.3. The van der Waals surface area contributed by atoms with Crippen LogP contribution in [0.15, 0.2) is 35.4 Å². The van der Waals surface area contributed by atoms with Crippen LogP contribution in [0.5, 0.6) is 0 Å². The van der Waals surface area contributed by atoms with Gasteiger partial charge in [0.25, 0.3) is 0 Å². The number of thioether (sulfide) groups is 1. The molecule has 6 heteroatoms. The summed E-state index contributed by atoms with van der Waals surface area (Å²) in [7, 11) is 0. The van der Waals surface area contributed by atoms with E-state index in [-0.39, 0.29) is 5.91 Å². The molecule has 140 valence electrons. The number of nitrogens with one attached hydrogen (secondary N) is 1. The molecule has 1 atom stereocenters. The quantitative estimate of drug-likeness (QED) is 0.491. The van der Waals surface area contributed by atoms with Gasteiger partial charge >= 0.3 is 0 Å². The molecule has 1 aliphatic rings. The second-order valence-corrected chi connectivity index (χ2v) is 9.07. The summed E-state index contributed by atoms with van der Waals surface area (Å²) in [5.74, 6) is 1.52. The summed E-state index contributed by atoms with van der Waals surface area (Å²) in [6.07, 6.45) is 3.47. The van der Waals surface area contributed by atoms with E-state index in [0.717, 1.165) is 28.5 Å². The maximum absolute atomic E-state index is 12.4. The van der Waals surface area contributed by atoms with Crippen molar-refractivity contribution in [1.29, 1.82) is 0 Å². The van der Waals surface area contributed by atoms with Gasteiger partial charge in [0.05, 0.1) is 5.75 Å². The maximum Gasteiger partial charge on any atom is 0.230 e. The van der Waals surface area contributed by atoms with E-state index >= 15 is 0 Å². The predicted octanol–water partition coefficient (Wildman–Crippen LogP) is 4.50. The second kappa shape index (κ2) is 7.98. The zero-order valence-electron chi connectivity index (χ0n) is 15.6. The Morgan fingerprint density at radius 1 is 1.26 bits per heavy atom. The first kappa shape index (κ1) is 18.4. The number of fused-ring (bicyclic) bond motifs is 3. The molecular formula is C21H23N3OS2. The standard InChI is InChI=1S/C21H23N3OS2/c1-13(15-7-4-3-5-8-15)11-22-18(25)12-26-20-19-16-9-6-10-17(16)27-21(19)24-14(2)23-20/h3-5,7-8,13H,6,9-12H2,1-2H3,(H,22,25)/t13-/m1/s1. The lowest BCUT2D eigenvalue weighted by atomic mass is 10.0. The molecule has 4 rings (SSSR count). The van der Waals surface area contributed by atoms with Gasteiger partial charge in [-0.25, -0.2) is 9.97 Å². The monoisotopic (exact) mass is 397 g/mol. The first-order chi connectivity index (χ1) is 13.1. The van der Waals surface area contributed by atoms with Crippen molar-refractivity contribution in [2.45, 2.75) is 44.1 Å². The van der Waals surface area contributed by atoms with Crippen LogP contribution >= 0.6 is 23.1 Å². The van der Waals surface area contributed by atoms with Crippen molar-refractivity contribution in [3.8, 4) is 0 Å². The summed E-state index contributed by atoms with van der Waals surface area (Å²) in [6.45, 7) is 4.71. The third-order valence-corrected chi connectivity index (χ3v) is 7.12. The van der Waals surface area contributed by atoms with Crippen LogP contribution in [0.25, 0.3) is 10.2 Å². The molecule has 0 aliphatic heterocycles. The van der Waals surface area contributed by atoms with Gasteiger partial charge in [-0.2, -0.15) is 0 Å². The highest BCUT2D eigenvalue weighted by atomic mass is 32.2. The first-order valence-electron chi connectivity index (χ1n) is 9.35. The number of amides is 1. The molecule has 2 heterocycles. The van der Waals surface area contributed by atoms with Gasteiger partial charge < -0.3 is 5.32 Å². The summed E-state index contributed by atoms with van der Waals surface area (Å²) in [6, 6.07) is 10.3. The lowest BCUT2D eigenvalue weighted by molar-refractivity contribution is -0.118. The van der Waals surface area contributed by atoms with E-state index in [9.17, 15) is 4.79 Å². The maximum atomic E-state index is 12.4. The molecule has 1 N–H and O–H groups in total. The van der Waals surface area contributed by atoms with Crippen molar-refractivity contribution in [1.82, 2.24) is 15.3 Å². The number of benzene rings is 1. The second-order valence-electron chi connectivity index (χ2n) is 7.02. The van der Waals surface area contributed by atoms with E-state index in [0.29, 0.717) is 18.2 Å². The lowest BCUT2D eigenvalue weighted by Crippen LogP contribution is -2.29. The molecule has 1 aromatic carbocycles. The Labute approximate surface area is 167 Å². The van der Waals surface area contributed by atoms with Crippen molar-refractivity contribution < 1.29 is 4.79 Å². The highest BCUT2D eigenvalue weighted by Crippen LogP contribution is 2.40. The molecule has 0 fully saturated rings. The van der Waals surface area contributed by atoms with Crippen LogP contribution < -0.4 is 5.32 Å². The van der Waals surface area contributed by atoms with Crippen LogP contribution in [-0.4, -0.2) is 28.2 Å². The van der Waals surface area contributed by atoms with Gasteiger partial charge in [0.1, 0.15) is 15.7 Å². The number of hydrogen-bond donors (Lipinski definition) is 1. The SMILES string of the molecule is Cc1nc(SCC(=O)NC[C@@H](C)c2ccccc2)c2c3c(sc2n1)CCC3. The average Bonchev–Trinajstić information content (AvgIpc) is 3.25. The Morgan fingerprint density at radius 3 is 2.89 bits per heavy atom. The molecule has 1 amide bonds. The number of nitrogens with zero attached hydrogens (tertiary/aromatic N) is 2. The van der Waals surface area contributed by atoms with Crippen LogP contribution in [0.1, 0.15) is 41.1 Å². The molecule has 1 aliphatic carbocycles.